The highest BCUT2D eigenvalue weighted by Crippen LogP contribution is 2.04. The summed E-state index contributed by atoms with van der Waals surface area (Å²) in [6.07, 6.45) is 3.66. The molecular formula is C9H13IN2O2. The third-order valence-electron chi connectivity index (χ3n) is 1.36. The third-order valence-corrected chi connectivity index (χ3v) is 1.92. The Labute approximate surface area is 97.2 Å². The van der Waals surface area contributed by atoms with E-state index in [9.17, 15) is 0 Å². The Hall–Kier alpha value is -0.430. The fourth-order valence-electron chi connectivity index (χ4n) is 0.792. The maximum atomic E-state index is 5.31. The summed E-state index contributed by atoms with van der Waals surface area (Å²) in [5.41, 5.74) is 0. The molecule has 0 saturated carbocycles. The van der Waals surface area contributed by atoms with Crippen LogP contribution in [0.15, 0.2) is 12.4 Å². The fraction of sp³-hybridized carbons (Fsp3) is 0.556. The largest absolute Gasteiger partial charge is 0.461 e. The predicted molar refractivity (Wildman–Crippen MR) is 61.3 cm³/mol. The monoisotopic (exact) mass is 308 g/mol. The van der Waals surface area contributed by atoms with Crippen LogP contribution in [0, 0.1) is 3.57 Å². The van der Waals surface area contributed by atoms with Crippen LogP contribution in [0.2, 0.25) is 0 Å². The van der Waals surface area contributed by atoms with Crippen molar-refractivity contribution in [2.24, 2.45) is 0 Å². The summed E-state index contributed by atoms with van der Waals surface area (Å²) in [6.45, 7) is 5.02. The summed E-state index contributed by atoms with van der Waals surface area (Å²) in [7, 11) is 0. The number of hydrogen-bond acceptors (Lipinski definition) is 4. The molecular weight excluding hydrogens is 295 g/mol. The topological polar surface area (TPSA) is 44.2 Å². The first-order chi connectivity index (χ1) is 6.68. The Kier molecular flexibility index (Phi) is 5.10. The van der Waals surface area contributed by atoms with Gasteiger partial charge in [-0.1, -0.05) is 0 Å². The van der Waals surface area contributed by atoms with E-state index in [4.69, 9.17) is 9.47 Å². The third kappa shape index (κ3) is 4.71. The molecule has 1 aromatic heterocycles. The molecule has 78 valence electrons. The normalized spacial score (nSPS) is 10.6. The molecule has 0 N–H and O–H groups in total. The molecule has 0 amide bonds. The number of ether oxygens (including phenoxy) is 2. The SMILES string of the molecule is CC(C)OCCOc1ncc(I)cn1. The smallest absolute Gasteiger partial charge is 0.316 e. The summed E-state index contributed by atoms with van der Waals surface area (Å²) in [5.74, 6) is 0. The molecule has 0 aromatic carbocycles. The minimum absolute atomic E-state index is 0.233. The van der Waals surface area contributed by atoms with Crippen molar-refractivity contribution in [1.82, 2.24) is 9.97 Å². The van der Waals surface area contributed by atoms with Crippen molar-refractivity contribution in [3.05, 3.63) is 16.0 Å². The highest BCUT2D eigenvalue weighted by atomic mass is 127. The van der Waals surface area contributed by atoms with E-state index in [2.05, 4.69) is 32.6 Å². The lowest BCUT2D eigenvalue weighted by molar-refractivity contribution is 0.0531. The van der Waals surface area contributed by atoms with E-state index < -0.39 is 0 Å². The van der Waals surface area contributed by atoms with Gasteiger partial charge in [-0.05, 0) is 36.4 Å². The Balaban J connectivity index is 2.21. The van der Waals surface area contributed by atoms with Gasteiger partial charge in [-0.15, -0.1) is 0 Å². The number of rotatable bonds is 5. The van der Waals surface area contributed by atoms with E-state index in [0.717, 1.165) is 3.57 Å². The van der Waals surface area contributed by atoms with Crippen molar-refractivity contribution < 1.29 is 9.47 Å². The van der Waals surface area contributed by atoms with Crippen LogP contribution in [0.5, 0.6) is 6.01 Å². The lowest BCUT2D eigenvalue weighted by Crippen LogP contribution is -2.12. The van der Waals surface area contributed by atoms with Gasteiger partial charge in [0.05, 0.1) is 12.7 Å². The van der Waals surface area contributed by atoms with Crippen LogP contribution in [-0.4, -0.2) is 29.3 Å². The van der Waals surface area contributed by atoms with Gasteiger partial charge in [-0.25, -0.2) is 9.97 Å². The second-order valence-corrected chi connectivity index (χ2v) is 4.20. The summed E-state index contributed by atoms with van der Waals surface area (Å²) in [6, 6.07) is 0.401. The molecule has 0 saturated heterocycles. The van der Waals surface area contributed by atoms with E-state index in [0.29, 0.717) is 19.2 Å². The molecule has 0 aliphatic rings. The molecule has 4 nitrogen and oxygen atoms in total. The zero-order valence-electron chi connectivity index (χ0n) is 8.24. The summed E-state index contributed by atoms with van der Waals surface area (Å²) in [5, 5.41) is 0. The number of nitrogens with zero attached hydrogens (tertiary/aromatic N) is 2. The molecule has 0 spiro atoms. The average Bonchev–Trinajstić information content (AvgIpc) is 2.15. The minimum Gasteiger partial charge on any atom is -0.461 e. The van der Waals surface area contributed by atoms with Crippen LogP contribution >= 0.6 is 22.6 Å². The zero-order valence-corrected chi connectivity index (χ0v) is 10.4. The van der Waals surface area contributed by atoms with Gasteiger partial charge in [0.25, 0.3) is 0 Å². The maximum absolute atomic E-state index is 5.31. The Morgan fingerprint density at radius 2 is 1.93 bits per heavy atom. The van der Waals surface area contributed by atoms with Crippen LogP contribution in [0.4, 0.5) is 0 Å². The molecule has 0 fully saturated rings. The summed E-state index contributed by atoms with van der Waals surface area (Å²) >= 11 is 2.14. The lowest BCUT2D eigenvalue weighted by atomic mass is 10.5. The van der Waals surface area contributed by atoms with Crippen LogP contribution in [0.1, 0.15) is 13.8 Å². The first-order valence-electron chi connectivity index (χ1n) is 4.40. The fourth-order valence-corrected chi connectivity index (χ4v) is 1.07. The molecule has 5 heteroatoms. The Bertz CT molecular complexity index is 264. The predicted octanol–water partition coefficient (Wildman–Crippen LogP) is 1.89. The first-order valence-corrected chi connectivity index (χ1v) is 5.48. The van der Waals surface area contributed by atoms with Gasteiger partial charge in [0.15, 0.2) is 0 Å². The van der Waals surface area contributed by atoms with Crippen molar-refractivity contribution in [2.45, 2.75) is 20.0 Å². The number of aromatic nitrogens is 2. The Morgan fingerprint density at radius 1 is 1.29 bits per heavy atom. The molecule has 14 heavy (non-hydrogen) atoms. The van der Waals surface area contributed by atoms with Gasteiger partial charge in [0.1, 0.15) is 6.61 Å². The second-order valence-electron chi connectivity index (χ2n) is 2.95. The molecule has 0 bridgehead atoms. The number of hydrogen-bond donors (Lipinski definition) is 0. The maximum Gasteiger partial charge on any atom is 0.316 e. The van der Waals surface area contributed by atoms with Crippen molar-refractivity contribution in [2.75, 3.05) is 13.2 Å². The molecule has 0 atom stereocenters. The summed E-state index contributed by atoms with van der Waals surface area (Å²) in [4.78, 5) is 8.00. The van der Waals surface area contributed by atoms with Gasteiger partial charge < -0.3 is 9.47 Å². The highest BCUT2D eigenvalue weighted by molar-refractivity contribution is 14.1. The van der Waals surface area contributed by atoms with Gasteiger partial charge in [0.2, 0.25) is 0 Å². The van der Waals surface area contributed by atoms with Gasteiger partial charge in [-0.2, -0.15) is 0 Å². The molecule has 1 rings (SSSR count). The van der Waals surface area contributed by atoms with Crippen LogP contribution in [0.3, 0.4) is 0 Å². The molecule has 0 aliphatic carbocycles. The van der Waals surface area contributed by atoms with Crippen LogP contribution < -0.4 is 4.74 Å². The molecule has 1 aromatic rings. The highest BCUT2D eigenvalue weighted by Gasteiger charge is 1.97. The summed E-state index contributed by atoms with van der Waals surface area (Å²) < 4.78 is 11.6. The standard InChI is InChI=1S/C9H13IN2O2/c1-7(2)13-3-4-14-9-11-5-8(10)6-12-9/h5-7H,3-4H2,1-2H3. The Morgan fingerprint density at radius 3 is 2.50 bits per heavy atom. The van der Waals surface area contributed by atoms with E-state index >= 15 is 0 Å². The van der Waals surface area contributed by atoms with E-state index in [1.54, 1.807) is 12.4 Å². The first kappa shape index (κ1) is 11.6. The molecule has 0 unspecified atom stereocenters. The van der Waals surface area contributed by atoms with Crippen molar-refractivity contribution in [3.8, 4) is 6.01 Å². The van der Waals surface area contributed by atoms with E-state index in [-0.39, 0.29) is 6.10 Å². The van der Waals surface area contributed by atoms with Crippen LogP contribution in [-0.2, 0) is 4.74 Å². The molecule has 0 radical (unpaired) electrons. The van der Waals surface area contributed by atoms with Gasteiger partial charge in [-0.3, -0.25) is 0 Å². The number of halogens is 1. The van der Waals surface area contributed by atoms with Crippen molar-refractivity contribution in [3.63, 3.8) is 0 Å². The van der Waals surface area contributed by atoms with Gasteiger partial charge in [0, 0.05) is 16.0 Å². The van der Waals surface area contributed by atoms with Crippen molar-refractivity contribution in [1.29, 1.82) is 0 Å². The average molecular weight is 308 g/mol. The quantitative estimate of drug-likeness (QED) is 0.615. The van der Waals surface area contributed by atoms with Crippen molar-refractivity contribution >= 4 is 22.6 Å². The van der Waals surface area contributed by atoms with E-state index in [1.165, 1.54) is 0 Å². The zero-order chi connectivity index (χ0) is 10.4. The second kappa shape index (κ2) is 6.13. The lowest BCUT2D eigenvalue weighted by Gasteiger charge is -2.07. The molecule has 0 aliphatic heterocycles. The molecule has 1 heterocycles. The van der Waals surface area contributed by atoms with Gasteiger partial charge >= 0.3 is 6.01 Å². The van der Waals surface area contributed by atoms with Crippen LogP contribution in [0.25, 0.3) is 0 Å². The minimum atomic E-state index is 0.233. The van der Waals surface area contributed by atoms with E-state index in [1.807, 2.05) is 13.8 Å².